The summed E-state index contributed by atoms with van der Waals surface area (Å²) in [7, 11) is 0. The second-order valence-electron chi connectivity index (χ2n) is 1.63. The van der Waals surface area contributed by atoms with Gasteiger partial charge in [0.25, 0.3) is 0 Å². The van der Waals surface area contributed by atoms with Gasteiger partial charge < -0.3 is 0 Å². The third-order valence-electron chi connectivity index (χ3n) is 0.913. The zero-order valence-electron chi connectivity index (χ0n) is 5.39. The van der Waals surface area contributed by atoms with Crippen molar-refractivity contribution in [2.45, 2.75) is 0 Å². The van der Waals surface area contributed by atoms with Crippen LogP contribution in [-0.2, 0) is 0 Å². The third-order valence-corrected chi connectivity index (χ3v) is 1.44. The van der Waals surface area contributed by atoms with Crippen molar-refractivity contribution >= 4 is 15.9 Å². The molecule has 0 spiro atoms. The molecule has 1 rings (SSSR count). The van der Waals surface area contributed by atoms with Gasteiger partial charge in [-0.25, -0.2) is 0 Å². The molecule has 0 atom stereocenters. The van der Waals surface area contributed by atoms with Crippen LogP contribution in [0.25, 0.3) is 0 Å². The second kappa shape index (κ2) is 4.94. The van der Waals surface area contributed by atoms with Gasteiger partial charge >= 0.3 is 51.4 Å². The first kappa shape index (κ1) is 10.2. The van der Waals surface area contributed by atoms with E-state index in [1.165, 1.54) is 0 Å². The number of benzene rings is 1. The van der Waals surface area contributed by atoms with Crippen LogP contribution in [0.2, 0.25) is 0 Å². The molecule has 0 aliphatic heterocycles. The molecule has 0 unspecified atom stereocenters. The summed E-state index contributed by atoms with van der Waals surface area (Å²) in [6.07, 6.45) is 0. The number of hydrogen-bond acceptors (Lipinski definition) is 0. The smallest absolute Gasteiger partial charge is 0.199 e. The summed E-state index contributed by atoms with van der Waals surface area (Å²) in [5.74, 6) is 0. The Kier molecular flexibility index (Phi) is 5.60. The van der Waals surface area contributed by atoms with Gasteiger partial charge in [0, 0.05) is 0 Å². The van der Waals surface area contributed by atoms with Crippen LogP contribution in [0.3, 0.4) is 0 Å². The molecule has 0 fully saturated rings. The molecule has 0 bridgehead atoms. The van der Waals surface area contributed by atoms with Gasteiger partial charge in [0.2, 0.25) is 0 Å². The van der Waals surface area contributed by atoms with E-state index >= 15 is 0 Å². The van der Waals surface area contributed by atoms with Gasteiger partial charge in [0.15, 0.2) is 0 Å². The van der Waals surface area contributed by atoms with E-state index < -0.39 is 0 Å². The predicted molar refractivity (Wildman–Crippen MR) is 38.6 cm³/mol. The van der Waals surface area contributed by atoms with Gasteiger partial charge in [-0.3, -0.25) is 0 Å². The number of hydrogen-bond donors (Lipinski definition) is 0. The topological polar surface area (TPSA) is 0 Å². The molecule has 0 saturated heterocycles. The van der Waals surface area contributed by atoms with E-state index in [0.29, 0.717) is 0 Å². The van der Waals surface area contributed by atoms with Crippen LogP contribution in [0.5, 0.6) is 0 Å². The Bertz CT molecular complexity index is 148. The number of halogens is 1. The molecule has 0 radical (unpaired) electrons. The Morgan fingerprint density at radius 2 is 1.56 bits per heavy atom. The monoisotopic (exact) mass is 208 g/mol. The van der Waals surface area contributed by atoms with Crippen LogP contribution < -0.4 is 51.4 Å². The van der Waals surface area contributed by atoms with E-state index in [9.17, 15) is 0 Å². The van der Waals surface area contributed by atoms with Gasteiger partial charge in [-0.2, -0.15) is 24.6 Å². The molecular weight excluding hydrogens is 203 g/mol. The Hall–Kier alpha value is 1.21. The van der Waals surface area contributed by atoms with Crippen molar-refractivity contribution in [2.75, 3.05) is 0 Å². The summed E-state index contributed by atoms with van der Waals surface area (Å²) < 4.78 is 1.10. The van der Waals surface area contributed by atoms with Crippen LogP contribution >= 0.6 is 15.9 Å². The summed E-state index contributed by atoms with van der Waals surface area (Å²) in [5.41, 5.74) is 1.05. The molecule has 0 amide bonds. The molecule has 0 aliphatic carbocycles. The van der Waals surface area contributed by atoms with Crippen molar-refractivity contribution < 1.29 is 51.4 Å². The Morgan fingerprint density at radius 1 is 1.11 bits per heavy atom. The first-order chi connectivity index (χ1) is 3.79. The molecule has 0 N–H and O–H groups in total. The fraction of sp³-hybridized carbons (Fsp3) is 0. The maximum atomic E-state index is 3.74. The Morgan fingerprint density at radius 3 is 1.89 bits per heavy atom. The minimum Gasteiger partial charge on any atom is -0.199 e. The minimum atomic E-state index is 0. The zero-order valence-corrected chi connectivity index (χ0v) is 10.1. The fourth-order valence-corrected chi connectivity index (χ4v) is 0.749. The molecule has 0 aliphatic rings. The van der Waals surface area contributed by atoms with Gasteiger partial charge in [-0.05, 0) is 4.47 Å². The van der Waals surface area contributed by atoms with Gasteiger partial charge in [0.05, 0.1) is 0 Å². The molecule has 42 valence electrons. The normalized spacial score (nSPS) is 8.11. The molecule has 0 saturated carbocycles. The van der Waals surface area contributed by atoms with Crippen LogP contribution in [0.15, 0.2) is 28.7 Å². The van der Waals surface area contributed by atoms with E-state index in [-0.39, 0.29) is 51.4 Å². The molecule has 2 heteroatoms. The van der Waals surface area contributed by atoms with Crippen molar-refractivity contribution in [3.05, 3.63) is 41.2 Å². The molecule has 1 aromatic rings. The van der Waals surface area contributed by atoms with Crippen molar-refractivity contribution in [2.24, 2.45) is 0 Å². The van der Waals surface area contributed by atoms with E-state index in [0.717, 1.165) is 10.0 Å². The first-order valence-electron chi connectivity index (χ1n) is 2.36. The minimum absolute atomic E-state index is 0. The largest absolute Gasteiger partial charge is 1.00 e. The summed E-state index contributed by atoms with van der Waals surface area (Å²) >= 11 is 3.32. The van der Waals surface area contributed by atoms with Crippen LogP contribution in [0, 0.1) is 6.92 Å². The average molecular weight is 209 g/mol. The van der Waals surface area contributed by atoms with E-state index in [1.54, 1.807) is 0 Å². The van der Waals surface area contributed by atoms with Crippen molar-refractivity contribution in [3.8, 4) is 0 Å². The molecule has 0 heterocycles. The van der Waals surface area contributed by atoms with E-state index in [4.69, 9.17) is 0 Å². The summed E-state index contributed by atoms with van der Waals surface area (Å²) in [6, 6.07) is 7.87. The van der Waals surface area contributed by atoms with Crippen molar-refractivity contribution in [3.63, 3.8) is 0 Å². The zero-order chi connectivity index (χ0) is 5.98. The maximum absolute atomic E-state index is 3.74. The van der Waals surface area contributed by atoms with Gasteiger partial charge in [-0.15, -0.1) is 12.1 Å². The fourth-order valence-electron chi connectivity index (χ4n) is 0.484. The van der Waals surface area contributed by atoms with Crippen molar-refractivity contribution in [1.29, 1.82) is 0 Å². The quantitative estimate of drug-likeness (QED) is 0.404. The maximum Gasteiger partial charge on any atom is 1.00 e. The number of rotatable bonds is 0. The summed E-state index contributed by atoms with van der Waals surface area (Å²) in [6.45, 7) is 3.74. The second-order valence-corrected chi connectivity index (χ2v) is 2.54. The molecule has 0 nitrogen and oxygen atoms in total. The van der Waals surface area contributed by atoms with Crippen LogP contribution in [0.1, 0.15) is 5.56 Å². The van der Waals surface area contributed by atoms with Crippen LogP contribution in [0.4, 0.5) is 0 Å². The first-order valence-corrected chi connectivity index (χ1v) is 3.16. The SMILES string of the molecule is [CH2-]c1ccc(Br)cc1.[K+]. The molecule has 1 aromatic carbocycles. The van der Waals surface area contributed by atoms with E-state index in [2.05, 4.69) is 22.9 Å². The predicted octanol–water partition coefficient (Wildman–Crippen LogP) is -0.365. The summed E-state index contributed by atoms with van der Waals surface area (Å²) in [5, 5.41) is 0. The molecular formula is C7H6BrK. The third kappa shape index (κ3) is 3.81. The van der Waals surface area contributed by atoms with Gasteiger partial charge in [0.1, 0.15) is 0 Å². The van der Waals surface area contributed by atoms with Gasteiger partial charge in [-0.1, -0.05) is 15.9 Å². The average Bonchev–Trinajstić information content (AvgIpc) is 1.77. The Labute approximate surface area is 107 Å². The Balaban J connectivity index is 0.000000640. The standard InChI is InChI=1S/C7H6Br.K/c1-6-2-4-7(8)5-3-6;/h2-5H,1H2;/q-1;+1. The van der Waals surface area contributed by atoms with Crippen molar-refractivity contribution in [1.82, 2.24) is 0 Å². The van der Waals surface area contributed by atoms with Crippen LogP contribution in [-0.4, -0.2) is 0 Å². The molecule has 0 aromatic heterocycles. The molecule has 9 heavy (non-hydrogen) atoms. The van der Waals surface area contributed by atoms with E-state index in [1.807, 2.05) is 24.3 Å². The summed E-state index contributed by atoms with van der Waals surface area (Å²) in [4.78, 5) is 0.